The van der Waals surface area contributed by atoms with Crippen LogP contribution in [-0.2, 0) is 16.1 Å². The first-order valence-electron chi connectivity index (χ1n) is 23.2. The number of hydrogen-bond donors (Lipinski definition) is 2. The van der Waals surface area contributed by atoms with Crippen LogP contribution >= 0.6 is 0 Å². The lowest BCUT2D eigenvalue weighted by atomic mass is 9.55. The van der Waals surface area contributed by atoms with E-state index in [1.807, 2.05) is 57.2 Å². The summed E-state index contributed by atoms with van der Waals surface area (Å²) in [4.78, 5) is 35.3. The fourth-order valence-electron chi connectivity index (χ4n) is 10.1. The van der Waals surface area contributed by atoms with Gasteiger partial charge in [-0.1, -0.05) is 48.3 Å². The number of unbranched alkanes of at least 4 members (excludes halogenated alkanes) is 2. The first-order valence-corrected chi connectivity index (χ1v) is 23.2. The summed E-state index contributed by atoms with van der Waals surface area (Å²) < 4.78 is 32.6. The zero-order valence-electron chi connectivity index (χ0n) is 38.4. The van der Waals surface area contributed by atoms with Crippen molar-refractivity contribution in [2.75, 3.05) is 26.6 Å². The molecule has 0 bridgehead atoms. The van der Waals surface area contributed by atoms with Crippen LogP contribution in [0.25, 0.3) is 0 Å². The molecule has 2 aliphatic heterocycles. The first-order chi connectivity index (χ1) is 32.5. The highest BCUT2D eigenvalue weighted by Crippen LogP contribution is 2.62. The Morgan fingerprint density at radius 2 is 1.69 bits per heavy atom. The van der Waals surface area contributed by atoms with Gasteiger partial charge in [0.1, 0.15) is 35.2 Å². The van der Waals surface area contributed by atoms with Crippen molar-refractivity contribution >= 4 is 17.9 Å². The predicted molar refractivity (Wildman–Crippen MR) is 251 cm³/mol. The van der Waals surface area contributed by atoms with E-state index in [2.05, 4.69) is 18.7 Å². The van der Waals surface area contributed by atoms with Crippen molar-refractivity contribution in [1.82, 2.24) is 4.90 Å². The minimum atomic E-state index is -1.54. The number of amides is 1. The normalized spacial score (nSPS) is 22.9. The van der Waals surface area contributed by atoms with Gasteiger partial charge in [0.05, 0.1) is 29.9 Å². The molecule has 4 aromatic carbocycles. The number of benzene rings is 4. The van der Waals surface area contributed by atoms with Crippen LogP contribution in [0.1, 0.15) is 109 Å². The zero-order chi connectivity index (χ0) is 47.1. The summed E-state index contributed by atoms with van der Waals surface area (Å²) in [5.74, 6) is 0.0383. The molecule has 0 unspecified atom stereocenters. The maximum absolute atomic E-state index is 15.5. The Morgan fingerprint density at radius 3 is 2.42 bits per heavy atom. The summed E-state index contributed by atoms with van der Waals surface area (Å²) in [5, 5.41) is 34.7. The number of carbonyl (C=O) groups is 2. The average Bonchev–Trinajstić information content (AvgIpc) is 3.81. The monoisotopic (exact) mass is 909 g/mol. The lowest BCUT2D eigenvalue weighted by Gasteiger charge is -2.60. The van der Waals surface area contributed by atoms with Gasteiger partial charge in [-0.3, -0.25) is 9.59 Å². The van der Waals surface area contributed by atoms with Gasteiger partial charge in [-0.2, -0.15) is 5.26 Å². The number of fused-ring (bicyclic) bond motifs is 3. The minimum absolute atomic E-state index is 0.0137. The number of carbonyl (C=O) groups excluding carboxylic acids is 2. The Hall–Kier alpha value is -6.46. The third-order valence-electron chi connectivity index (χ3n) is 13.0. The van der Waals surface area contributed by atoms with E-state index in [0.717, 1.165) is 48.7 Å². The molecule has 1 fully saturated rings. The molecule has 13 nitrogen and oxygen atoms in total. The molecule has 0 spiro atoms. The number of aliphatic hydroxyl groups is 2. The molecule has 1 saturated carbocycles. The van der Waals surface area contributed by atoms with Gasteiger partial charge in [0, 0.05) is 48.8 Å². The lowest BCUT2D eigenvalue weighted by Crippen LogP contribution is -2.70. The van der Waals surface area contributed by atoms with Crippen molar-refractivity contribution in [3.63, 3.8) is 0 Å². The summed E-state index contributed by atoms with van der Waals surface area (Å²) in [7, 11) is 0. The van der Waals surface area contributed by atoms with E-state index < -0.39 is 23.3 Å². The van der Waals surface area contributed by atoms with Crippen molar-refractivity contribution in [1.29, 1.82) is 5.26 Å². The van der Waals surface area contributed by atoms with E-state index in [-0.39, 0.29) is 63.2 Å². The Bertz CT molecular complexity index is 2540. The SMILES string of the molecule is C=CCO[C@@]12Oc3ccc(Oc4cccc(C=O)c4)cc3[C@H]3[C@H](CCCCO)[C@@H](CCCCO)C=C(C(=NOC(C)(C)C)C[C@@H]1N(Cc1ccc4c(c1)OCO4)C(=O)c1ccc(C#N)cc1)[C@H]32. The summed E-state index contributed by atoms with van der Waals surface area (Å²) in [5.41, 5.74) is 3.82. The minimum Gasteiger partial charge on any atom is -0.459 e. The van der Waals surface area contributed by atoms with Crippen LogP contribution in [0.2, 0.25) is 0 Å². The van der Waals surface area contributed by atoms with Crippen molar-refractivity contribution in [2.45, 2.75) is 95.6 Å². The van der Waals surface area contributed by atoms with Crippen LogP contribution in [0.4, 0.5) is 0 Å². The first kappa shape index (κ1) is 47.0. The van der Waals surface area contributed by atoms with Gasteiger partial charge >= 0.3 is 0 Å². The Kier molecular flexibility index (Phi) is 14.5. The molecule has 67 heavy (non-hydrogen) atoms. The molecule has 13 heteroatoms. The fraction of sp³-hybridized carbons (Fsp3) is 0.407. The molecule has 0 aromatic heterocycles. The van der Waals surface area contributed by atoms with Crippen molar-refractivity contribution < 1.29 is 48.3 Å². The topological polar surface area (TPSA) is 169 Å². The second-order valence-electron chi connectivity index (χ2n) is 18.6. The van der Waals surface area contributed by atoms with E-state index >= 15 is 4.79 Å². The average molecular weight is 910 g/mol. The summed E-state index contributed by atoms with van der Waals surface area (Å²) in [6.07, 6.45) is 9.27. The van der Waals surface area contributed by atoms with Gasteiger partial charge in [-0.05, 0) is 136 Å². The van der Waals surface area contributed by atoms with E-state index in [1.165, 1.54) is 0 Å². The summed E-state index contributed by atoms with van der Waals surface area (Å²) >= 11 is 0. The highest BCUT2D eigenvalue weighted by Gasteiger charge is 2.65. The third-order valence-corrected chi connectivity index (χ3v) is 13.0. The molecule has 2 aliphatic carbocycles. The molecular formula is C54H59N3O10. The number of aldehydes is 1. The van der Waals surface area contributed by atoms with E-state index in [4.69, 9.17) is 33.7 Å². The number of ether oxygens (including phenoxy) is 5. The number of oxime groups is 1. The number of nitriles is 1. The molecule has 1 amide bonds. The van der Waals surface area contributed by atoms with Gasteiger partial charge in [0.15, 0.2) is 11.5 Å². The number of allylic oxidation sites excluding steroid dienone is 1. The number of nitrogens with zero attached hydrogens (tertiary/aromatic N) is 3. The van der Waals surface area contributed by atoms with Gasteiger partial charge in [-0.15, -0.1) is 6.58 Å². The predicted octanol–water partition coefficient (Wildman–Crippen LogP) is 9.67. The summed E-state index contributed by atoms with van der Waals surface area (Å²) in [6.45, 7) is 10.3. The molecule has 350 valence electrons. The third kappa shape index (κ3) is 10.1. The van der Waals surface area contributed by atoms with Gasteiger partial charge < -0.3 is 43.6 Å². The molecule has 8 rings (SSSR count). The number of rotatable bonds is 19. The van der Waals surface area contributed by atoms with Gasteiger partial charge in [-0.25, -0.2) is 0 Å². The van der Waals surface area contributed by atoms with Crippen LogP contribution in [0.3, 0.4) is 0 Å². The van der Waals surface area contributed by atoms with Crippen molar-refractivity contribution in [3.8, 4) is 34.8 Å². The van der Waals surface area contributed by atoms with Crippen LogP contribution in [0.15, 0.2) is 114 Å². The Morgan fingerprint density at radius 1 is 0.940 bits per heavy atom. The Labute approximate surface area is 392 Å². The fourth-order valence-corrected chi connectivity index (χ4v) is 10.1. The molecular weight excluding hydrogens is 851 g/mol. The molecule has 0 radical (unpaired) electrons. The van der Waals surface area contributed by atoms with Crippen LogP contribution < -0.4 is 18.9 Å². The van der Waals surface area contributed by atoms with E-state index in [9.17, 15) is 20.3 Å². The van der Waals surface area contributed by atoms with Crippen LogP contribution in [0.5, 0.6) is 28.7 Å². The van der Waals surface area contributed by atoms with Crippen LogP contribution in [-0.4, -0.2) is 77.1 Å². The quantitative estimate of drug-likeness (QED) is 0.0398. The molecule has 6 atom stereocenters. The zero-order valence-corrected chi connectivity index (χ0v) is 38.4. The maximum atomic E-state index is 15.5. The number of aliphatic hydroxyl groups excluding tert-OH is 2. The Balaban J connectivity index is 1.37. The smallest absolute Gasteiger partial charge is 0.254 e. The number of hydrogen-bond acceptors (Lipinski definition) is 12. The highest BCUT2D eigenvalue weighted by atomic mass is 16.7. The molecule has 2 heterocycles. The summed E-state index contributed by atoms with van der Waals surface area (Å²) in [6, 6.07) is 26.3. The lowest BCUT2D eigenvalue weighted by molar-refractivity contribution is -0.255. The maximum Gasteiger partial charge on any atom is 0.254 e. The molecule has 4 aliphatic rings. The van der Waals surface area contributed by atoms with E-state index in [0.29, 0.717) is 64.0 Å². The van der Waals surface area contributed by atoms with Crippen LogP contribution in [0, 0.1) is 29.1 Å². The molecule has 0 saturated heterocycles. The molecule has 2 N–H and O–H groups in total. The van der Waals surface area contributed by atoms with Gasteiger partial charge in [0.2, 0.25) is 12.6 Å². The molecule has 4 aromatic rings. The van der Waals surface area contributed by atoms with Crippen molar-refractivity contribution in [2.24, 2.45) is 22.9 Å². The largest absolute Gasteiger partial charge is 0.459 e. The standard InChI is InChI=1S/C54H59N3O10/c1-5-25-64-54-49(57(52(61)38-18-15-35(31-55)16-19-38)32-36-17-21-47-48(27-36)63-34-62-47)30-45(56-67-53(2,3)4)43-28-39(12-6-8-23-58)42(14-7-9-24-59)50(51(43)54)44-29-41(20-22-46(44)66-54)65-40-13-10-11-37(26-40)33-60/h5,10-11,13,15-22,26-29,33,39,42,49-51,58-59H,1,6-9,12,14,23-25,30,32,34H2,2-4H3/t39-,42+,49-,50+,51+,54+/m0/s1. The second kappa shape index (κ2) is 20.6. The van der Waals surface area contributed by atoms with Gasteiger partial charge in [0.25, 0.3) is 5.91 Å². The second-order valence-corrected chi connectivity index (χ2v) is 18.6. The van der Waals surface area contributed by atoms with Crippen molar-refractivity contribution in [3.05, 3.63) is 137 Å². The highest BCUT2D eigenvalue weighted by molar-refractivity contribution is 6.03. The van der Waals surface area contributed by atoms with E-state index in [1.54, 1.807) is 59.5 Å².